The number of likely N-dealkylation sites (tertiary alicyclic amines) is 1. The van der Waals surface area contributed by atoms with Gasteiger partial charge in [0.2, 0.25) is 17.7 Å². The van der Waals surface area contributed by atoms with E-state index in [0.29, 0.717) is 6.42 Å². The molecule has 0 saturated carbocycles. The Labute approximate surface area is 153 Å². The van der Waals surface area contributed by atoms with Gasteiger partial charge in [0.1, 0.15) is 0 Å². The maximum atomic E-state index is 12.4. The molecule has 5 nitrogen and oxygen atoms in total. The average molecular weight is 350 g/mol. The number of carbonyl (C=O) groups is 3. The molecule has 1 saturated heterocycles. The van der Waals surface area contributed by atoms with Crippen molar-refractivity contribution in [2.45, 2.75) is 25.2 Å². The fraction of sp³-hybridized carbons (Fsp3) is 0.286. The zero-order valence-electron chi connectivity index (χ0n) is 14.6. The van der Waals surface area contributed by atoms with E-state index in [2.05, 4.69) is 5.32 Å². The van der Waals surface area contributed by atoms with Crippen LogP contribution in [-0.4, -0.2) is 35.7 Å². The number of rotatable bonds is 7. The van der Waals surface area contributed by atoms with E-state index < -0.39 is 0 Å². The SMILES string of the molecule is O=C(CC(c1ccccc1)c1ccccc1)NCCN1C(=O)CCC1=O. The number of nitrogens with zero attached hydrogens (tertiary/aromatic N) is 1. The van der Waals surface area contributed by atoms with E-state index in [9.17, 15) is 14.4 Å². The molecule has 0 aliphatic carbocycles. The van der Waals surface area contributed by atoms with E-state index in [-0.39, 0.29) is 49.6 Å². The van der Waals surface area contributed by atoms with Crippen LogP contribution in [0.25, 0.3) is 0 Å². The van der Waals surface area contributed by atoms with Gasteiger partial charge in [0, 0.05) is 38.3 Å². The quantitative estimate of drug-likeness (QED) is 0.780. The van der Waals surface area contributed by atoms with Crippen molar-refractivity contribution in [1.82, 2.24) is 10.2 Å². The number of hydrogen-bond donors (Lipinski definition) is 1. The molecule has 134 valence electrons. The van der Waals surface area contributed by atoms with Gasteiger partial charge in [0.05, 0.1) is 0 Å². The highest BCUT2D eigenvalue weighted by molar-refractivity contribution is 6.01. The lowest BCUT2D eigenvalue weighted by molar-refractivity contribution is -0.138. The predicted molar refractivity (Wildman–Crippen MR) is 98.3 cm³/mol. The topological polar surface area (TPSA) is 66.5 Å². The Bertz CT molecular complexity index is 719. The highest BCUT2D eigenvalue weighted by Crippen LogP contribution is 2.27. The van der Waals surface area contributed by atoms with Crippen LogP contribution in [0.15, 0.2) is 60.7 Å². The van der Waals surface area contributed by atoms with E-state index in [1.807, 2.05) is 60.7 Å². The van der Waals surface area contributed by atoms with Gasteiger partial charge in [0.15, 0.2) is 0 Å². The second-order valence-corrected chi connectivity index (χ2v) is 6.37. The minimum Gasteiger partial charge on any atom is -0.354 e. The minimum absolute atomic E-state index is 0.0348. The zero-order valence-corrected chi connectivity index (χ0v) is 14.6. The van der Waals surface area contributed by atoms with E-state index in [1.165, 1.54) is 4.90 Å². The Hall–Kier alpha value is -2.95. The van der Waals surface area contributed by atoms with Crippen molar-refractivity contribution in [3.63, 3.8) is 0 Å². The molecule has 0 aromatic heterocycles. The Morgan fingerprint density at radius 1 is 0.885 bits per heavy atom. The van der Waals surface area contributed by atoms with E-state index >= 15 is 0 Å². The summed E-state index contributed by atoms with van der Waals surface area (Å²) >= 11 is 0. The highest BCUT2D eigenvalue weighted by atomic mass is 16.2. The van der Waals surface area contributed by atoms with Gasteiger partial charge < -0.3 is 5.32 Å². The standard InChI is InChI=1S/C21H22N2O3/c24-19(22-13-14-23-20(25)11-12-21(23)26)15-18(16-7-3-1-4-8-16)17-9-5-2-6-10-17/h1-10,18H,11-15H2,(H,22,24). The van der Waals surface area contributed by atoms with Crippen LogP contribution in [0.2, 0.25) is 0 Å². The number of benzene rings is 2. The van der Waals surface area contributed by atoms with Gasteiger partial charge in [-0.3, -0.25) is 19.3 Å². The van der Waals surface area contributed by atoms with Gasteiger partial charge in [0.25, 0.3) is 0 Å². The van der Waals surface area contributed by atoms with Crippen LogP contribution in [0.1, 0.15) is 36.3 Å². The monoisotopic (exact) mass is 350 g/mol. The Morgan fingerprint density at radius 2 is 1.38 bits per heavy atom. The van der Waals surface area contributed by atoms with Crippen LogP contribution in [-0.2, 0) is 14.4 Å². The molecule has 1 heterocycles. The third kappa shape index (κ3) is 4.36. The van der Waals surface area contributed by atoms with Crippen LogP contribution >= 0.6 is 0 Å². The zero-order chi connectivity index (χ0) is 18.4. The summed E-state index contributed by atoms with van der Waals surface area (Å²) < 4.78 is 0. The van der Waals surface area contributed by atoms with E-state index in [1.54, 1.807) is 0 Å². The van der Waals surface area contributed by atoms with Gasteiger partial charge in [-0.2, -0.15) is 0 Å². The van der Waals surface area contributed by atoms with Crippen molar-refractivity contribution in [2.75, 3.05) is 13.1 Å². The number of amides is 3. The van der Waals surface area contributed by atoms with Gasteiger partial charge in [-0.15, -0.1) is 0 Å². The summed E-state index contributed by atoms with van der Waals surface area (Å²) in [6.07, 6.45) is 0.865. The molecule has 0 atom stereocenters. The summed E-state index contributed by atoms with van der Waals surface area (Å²) in [7, 11) is 0. The first-order chi connectivity index (χ1) is 12.6. The van der Waals surface area contributed by atoms with Crippen LogP contribution in [0, 0.1) is 0 Å². The van der Waals surface area contributed by atoms with Crippen LogP contribution in [0.5, 0.6) is 0 Å². The lowest BCUT2D eigenvalue weighted by atomic mass is 9.88. The molecule has 0 unspecified atom stereocenters. The minimum atomic E-state index is -0.157. The summed E-state index contributed by atoms with van der Waals surface area (Å²) in [6.45, 7) is 0.525. The van der Waals surface area contributed by atoms with Crippen molar-refractivity contribution >= 4 is 17.7 Å². The summed E-state index contributed by atoms with van der Waals surface area (Å²) in [5, 5.41) is 2.84. The average Bonchev–Trinajstić information content (AvgIpc) is 2.99. The lowest BCUT2D eigenvalue weighted by Gasteiger charge is -2.19. The third-order valence-corrected chi connectivity index (χ3v) is 4.61. The molecule has 0 spiro atoms. The third-order valence-electron chi connectivity index (χ3n) is 4.61. The van der Waals surface area contributed by atoms with Crippen molar-refractivity contribution < 1.29 is 14.4 Å². The summed E-state index contributed by atoms with van der Waals surface area (Å²) in [5.41, 5.74) is 2.16. The van der Waals surface area contributed by atoms with Gasteiger partial charge >= 0.3 is 0 Å². The first kappa shape index (κ1) is 17.9. The molecular weight excluding hydrogens is 328 g/mol. The number of hydrogen-bond acceptors (Lipinski definition) is 3. The smallest absolute Gasteiger partial charge is 0.229 e. The molecule has 1 aliphatic heterocycles. The normalized spacial score (nSPS) is 14.1. The van der Waals surface area contributed by atoms with Crippen LogP contribution in [0.4, 0.5) is 0 Å². The molecule has 0 radical (unpaired) electrons. The predicted octanol–water partition coefficient (Wildman–Crippen LogP) is 2.47. The number of nitrogens with one attached hydrogen (secondary N) is 1. The number of imide groups is 1. The van der Waals surface area contributed by atoms with Crippen LogP contribution < -0.4 is 5.32 Å². The molecule has 5 heteroatoms. The molecule has 1 fully saturated rings. The second kappa shape index (κ2) is 8.43. The summed E-state index contributed by atoms with van der Waals surface area (Å²) in [5.74, 6) is -0.444. The molecular formula is C21H22N2O3. The summed E-state index contributed by atoms with van der Waals surface area (Å²) in [6, 6.07) is 19.9. The fourth-order valence-corrected chi connectivity index (χ4v) is 3.24. The van der Waals surface area contributed by atoms with Crippen LogP contribution in [0.3, 0.4) is 0 Å². The van der Waals surface area contributed by atoms with E-state index in [0.717, 1.165) is 11.1 Å². The molecule has 26 heavy (non-hydrogen) atoms. The maximum absolute atomic E-state index is 12.4. The molecule has 2 aromatic rings. The number of carbonyl (C=O) groups excluding carboxylic acids is 3. The molecule has 0 bridgehead atoms. The van der Waals surface area contributed by atoms with Gasteiger partial charge in [-0.05, 0) is 11.1 Å². The Balaban J connectivity index is 1.61. The first-order valence-corrected chi connectivity index (χ1v) is 8.85. The van der Waals surface area contributed by atoms with E-state index in [4.69, 9.17) is 0 Å². The van der Waals surface area contributed by atoms with Gasteiger partial charge in [-0.25, -0.2) is 0 Å². The molecule has 3 amide bonds. The molecule has 3 rings (SSSR count). The highest BCUT2D eigenvalue weighted by Gasteiger charge is 2.28. The molecule has 1 N–H and O–H groups in total. The Morgan fingerprint density at radius 3 is 1.88 bits per heavy atom. The maximum Gasteiger partial charge on any atom is 0.229 e. The van der Waals surface area contributed by atoms with Crippen molar-refractivity contribution in [2.24, 2.45) is 0 Å². The largest absolute Gasteiger partial charge is 0.354 e. The molecule has 1 aliphatic rings. The Kier molecular flexibility index (Phi) is 5.79. The second-order valence-electron chi connectivity index (χ2n) is 6.37. The fourth-order valence-electron chi connectivity index (χ4n) is 3.24. The van der Waals surface area contributed by atoms with Crippen molar-refractivity contribution in [1.29, 1.82) is 0 Å². The lowest BCUT2D eigenvalue weighted by Crippen LogP contribution is -2.38. The van der Waals surface area contributed by atoms with Crippen molar-refractivity contribution in [3.05, 3.63) is 71.8 Å². The summed E-state index contributed by atoms with van der Waals surface area (Å²) in [4.78, 5) is 36.9. The molecule has 2 aromatic carbocycles. The first-order valence-electron chi connectivity index (χ1n) is 8.85. The van der Waals surface area contributed by atoms with Gasteiger partial charge in [-0.1, -0.05) is 60.7 Å². The van der Waals surface area contributed by atoms with Crippen molar-refractivity contribution in [3.8, 4) is 0 Å².